The molecule has 0 aliphatic heterocycles. The highest BCUT2D eigenvalue weighted by atomic mass is 35.5. The second-order valence-electron chi connectivity index (χ2n) is 4.59. The molecule has 2 heteroatoms. The van der Waals surface area contributed by atoms with E-state index < -0.39 is 0 Å². The number of alkyl halides is 1. The number of hydrogen-bond acceptors (Lipinski definition) is 1. The molecule has 0 saturated heterocycles. The molecule has 0 unspecified atom stereocenters. The summed E-state index contributed by atoms with van der Waals surface area (Å²) in [4.78, 5) is 0. The number of allylic oxidation sites excluding steroid dienone is 1. The predicted octanol–water partition coefficient (Wildman–Crippen LogP) is 5.65. The summed E-state index contributed by atoms with van der Waals surface area (Å²) in [6.45, 7) is 3.75. The van der Waals surface area contributed by atoms with Crippen LogP contribution in [0.1, 0.15) is 58.3 Å². The highest BCUT2D eigenvalue weighted by Crippen LogP contribution is 2.05. The van der Waals surface area contributed by atoms with Crippen LogP contribution in [0.15, 0.2) is 30.0 Å². The van der Waals surface area contributed by atoms with Crippen LogP contribution < -0.4 is 0 Å². The van der Waals surface area contributed by atoms with Gasteiger partial charge in [-0.15, -0.1) is 17.3 Å². The average molecular weight is 285 g/mol. The standard InChI is InChI=1S/C17H29ClO/c1-2-3-4-5-6-7-10-13-16-19-17-14-11-8-9-12-15-18/h9-11,13H,2-7,12,14-17H2,1H3/b13-10-. The lowest BCUT2D eigenvalue weighted by atomic mass is 10.1. The Morgan fingerprint density at radius 3 is 2.53 bits per heavy atom. The monoisotopic (exact) mass is 284 g/mol. The molecule has 0 N–H and O–H groups in total. The minimum Gasteiger partial charge on any atom is -0.377 e. The van der Waals surface area contributed by atoms with Crippen LogP contribution in [0.5, 0.6) is 0 Å². The summed E-state index contributed by atoms with van der Waals surface area (Å²) < 4.78 is 5.49. The maximum absolute atomic E-state index is 5.54. The van der Waals surface area contributed by atoms with Crippen molar-refractivity contribution >= 4 is 11.6 Å². The number of rotatable bonds is 13. The van der Waals surface area contributed by atoms with E-state index in [0.29, 0.717) is 5.88 Å². The van der Waals surface area contributed by atoms with Crippen LogP contribution in [0.3, 0.4) is 0 Å². The SMILES string of the molecule is CCCCCCC/C=C\COCCC=C=CCCCl. The third kappa shape index (κ3) is 17.5. The Morgan fingerprint density at radius 1 is 0.947 bits per heavy atom. The summed E-state index contributed by atoms with van der Waals surface area (Å²) in [5.41, 5.74) is 3.09. The van der Waals surface area contributed by atoms with Gasteiger partial charge >= 0.3 is 0 Å². The Labute approximate surface area is 124 Å². The van der Waals surface area contributed by atoms with Gasteiger partial charge in [0.2, 0.25) is 0 Å². The first kappa shape index (κ1) is 18.5. The van der Waals surface area contributed by atoms with Crippen LogP contribution in [0.25, 0.3) is 0 Å². The van der Waals surface area contributed by atoms with E-state index in [9.17, 15) is 0 Å². The number of halogens is 1. The molecule has 0 atom stereocenters. The molecule has 1 nitrogen and oxygen atoms in total. The van der Waals surface area contributed by atoms with Gasteiger partial charge in [-0.2, -0.15) is 0 Å². The first-order valence-corrected chi connectivity index (χ1v) is 8.13. The van der Waals surface area contributed by atoms with Gasteiger partial charge in [0.25, 0.3) is 0 Å². The largest absolute Gasteiger partial charge is 0.377 e. The quantitative estimate of drug-likeness (QED) is 0.184. The zero-order valence-corrected chi connectivity index (χ0v) is 13.1. The Bertz CT molecular complexity index is 252. The van der Waals surface area contributed by atoms with E-state index in [1.165, 1.54) is 38.5 Å². The summed E-state index contributed by atoms with van der Waals surface area (Å²) in [6, 6.07) is 0. The van der Waals surface area contributed by atoms with Gasteiger partial charge in [-0.1, -0.05) is 44.8 Å². The normalized spacial score (nSPS) is 10.6. The third-order valence-electron chi connectivity index (χ3n) is 2.75. The fourth-order valence-corrected chi connectivity index (χ4v) is 1.76. The van der Waals surface area contributed by atoms with Gasteiger partial charge in [0.05, 0.1) is 13.2 Å². The highest BCUT2D eigenvalue weighted by molar-refractivity contribution is 6.17. The van der Waals surface area contributed by atoms with Crippen molar-refractivity contribution < 1.29 is 4.74 Å². The first-order valence-electron chi connectivity index (χ1n) is 7.60. The Hall–Kier alpha value is -0.490. The van der Waals surface area contributed by atoms with Gasteiger partial charge in [-0.3, -0.25) is 0 Å². The lowest BCUT2D eigenvalue weighted by molar-refractivity contribution is 0.167. The lowest BCUT2D eigenvalue weighted by Crippen LogP contribution is -1.92. The maximum atomic E-state index is 5.54. The van der Waals surface area contributed by atoms with Crippen molar-refractivity contribution in [3.05, 3.63) is 30.0 Å². The molecule has 0 spiro atoms. The van der Waals surface area contributed by atoms with Crippen LogP contribution in [0.2, 0.25) is 0 Å². The molecule has 0 aromatic heterocycles. The molecule has 0 fully saturated rings. The molecule has 0 aliphatic carbocycles. The molecule has 0 aromatic carbocycles. The summed E-state index contributed by atoms with van der Waals surface area (Å²) in [6.07, 6.45) is 18.1. The maximum Gasteiger partial charge on any atom is 0.0647 e. The van der Waals surface area contributed by atoms with E-state index in [1.54, 1.807) is 0 Å². The average Bonchev–Trinajstić information content (AvgIpc) is 2.43. The summed E-state index contributed by atoms with van der Waals surface area (Å²) in [5.74, 6) is 0.667. The number of ether oxygens (including phenoxy) is 1. The summed E-state index contributed by atoms with van der Waals surface area (Å²) in [5, 5.41) is 0. The molecule has 0 radical (unpaired) electrons. The second kappa shape index (κ2) is 17.5. The van der Waals surface area contributed by atoms with Gasteiger partial charge < -0.3 is 4.74 Å². The smallest absolute Gasteiger partial charge is 0.0647 e. The molecule has 0 heterocycles. The van der Waals surface area contributed by atoms with Crippen LogP contribution in [-0.4, -0.2) is 19.1 Å². The third-order valence-corrected chi connectivity index (χ3v) is 2.97. The van der Waals surface area contributed by atoms with Crippen molar-refractivity contribution in [1.82, 2.24) is 0 Å². The molecule has 0 saturated carbocycles. The molecule has 0 amide bonds. The van der Waals surface area contributed by atoms with Gasteiger partial charge in [0, 0.05) is 5.88 Å². The van der Waals surface area contributed by atoms with Crippen molar-refractivity contribution in [2.45, 2.75) is 58.3 Å². The lowest BCUT2D eigenvalue weighted by Gasteiger charge is -1.97. The fourth-order valence-electron chi connectivity index (χ4n) is 1.65. The zero-order chi connectivity index (χ0) is 14.0. The van der Waals surface area contributed by atoms with Crippen molar-refractivity contribution in [1.29, 1.82) is 0 Å². The Kier molecular flexibility index (Phi) is 17.1. The molecule has 0 aliphatic rings. The van der Waals surface area contributed by atoms with Gasteiger partial charge in [-0.05, 0) is 37.8 Å². The molecule has 0 bridgehead atoms. The van der Waals surface area contributed by atoms with Crippen LogP contribution in [-0.2, 0) is 4.74 Å². The number of unbranched alkanes of at least 4 members (excludes halogenated alkanes) is 5. The van der Waals surface area contributed by atoms with Gasteiger partial charge in [-0.25, -0.2) is 0 Å². The highest BCUT2D eigenvalue weighted by Gasteiger charge is 1.86. The van der Waals surface area contributed by atoms with E-state index in [4.69, 9.17) is 16.3 Å². The minimum atomic E-state index is 0.667. The van der Waals surface area contributed by atoms with Gasteiger partial charge in [0.1, 0.15) is 0 Å². The molecular formula is C17H29ClO. The molecule has 110 valence electrons. The molecular weight excluding hydrogens is 256 g/mol. The fraction of sp³-hybridized carbons (Fsp3) is 0.706. The van der Waals surface area contributed by atoms with Crippen molar-refractivity contribution in [2.24, 2.45) is 0 Å². The van der Waals surface area contributed by atoms with Crippen molar-refractivity contribution in [3.8, 4) is 0 Å². The van der Waals surface area contributed by atoms with Crippen LogP contribution in [0, 0.1) is 0 Å². The molecule has 0 rings (SSSR count). The zero-order valence-electron chi connectivity index (χ0n) is 12.4. The summed E-state index contributed by atoms with van der Waals surface area (Å²) >= 11 is 5.54. The summed E-state index contributed by atoms with van der Waals surface area (Å²) in [7, 11) is 0. The van der Waals surface area contributed by atoms with E-state index in [1.807, 2.05) is 12.2 Å². The Morgan fingerprint density at radius 2 is 1.74 bits per heavy atom. The molecule has 19 heavy (non-hydrogen) atoms. The van der Waals surface area contributed by atoms with Crippen LogP contribution >= 0.6 is 11.6 Å². The van der Waals surface area contributed by atoms with Crippen molar-refractivity contribution in [2.75, 3.05) is 19.1 Å². The van der Waals surface area contributed by atoms with E-state index in [0.717, 1.165) is 26.1 Å². The molecule has 0 aromatic rings. The second-order valence-corrected chi connectivity index (χ2v) is 4.97. The van der Waals surface area contributed by atoms with Crippen LogP contribution in [0.4, 0.5) is 0 Å². The van der Waals surface area contributed by atoms with Gasteiger partial charge in [0.15, 0.2) is 0 Å². The topological polar surface area (TPSA) is 9.23 Å². The predicted molar refractivity (Wildman–Crippen MR) is 85.9 cm³/mol. The first-order chi connectivity index (χ1) is 9.41. The van der Waals surface area contributed by atoms with Crippen molar-refractivity contribution in [3.63, 3.8) is 0 Å². The number of hydrogen-bond donors (Lipinski definition) is 0. The Balaban J connectivity index is 3.19. The van der Waals surface area contributed by atoms with E-state index >= 15 is 0 Å². The van der Waals surface area contributed by atoms with E-state index in [-0.39, 0.29) is 0 Å². The van der Waals surface area contributed by atoms with E-state index in [2.05, 4.69) is 24.8 Å². The minimum absolute atomic E-state index is 0.667.